The highest BCUT2D eigenvalue weighted by Gasteiger charge is 1.90. The van der Waals surface area contributed by atoms with Gasteiger partial charge in [-0.25, -0.2) is 9.97 Å². The van der Waals surface area contributed by atoms with Gasteiger partial charge in [-0.2, -0.15) is 0 Å². The molecule has 0 atom stereocenters. The van der Waals surface area contributed by atoms with Gasteiger partial charge in [0.05, 0.1) is 0 Å². The summed E-state index contributed by atoms with van der Waals surface area (Å²) in [5.41, 5.74) is 0.676. The van der Waals surface area contributed by atoms with Crippen molar-refractivity contribution in [3.8, 4) is 0 Å². The van der Waals surface area contributed by atoms with Crippen LogP contribution in [0.15, 0.2) is 18.6 Å². The molecule has 1 rings (SSSR count). The van der Waals surface area contributed by atoms with Gasteiger partial charge in [-0.1, -0.05) is 0 Å². The van der Waals surface area contributed by atoms with Crippen molar-refractivity contribution in [1.29, 1.82) is 0 Å². The van der Waals surface area contributed by atoms with Gasteiger partial charge in [-0.3, -0.25) is 0 Å². The first-order valence-electron chi connectivity index (χ1n) is 2.74. The fourth-order valence-corrected chi connectivity index (χ4v) is 0.718. The van der Waals surface area contributed by atoms with Crippen molar-refractivity contribution < 1.29 is 4.79 Å². The summed E-state index contributed by atoms with van der Waals surface area (Å²) in [6.45, 7) is 0. The van der Waals surface area contributed by atoms with Crippen LogP contribution in [-0.4, -0.2) is 15.1 Å². The molecule has 0 saturated heterocycles. The zero-order valence-corrected chi connectivity index (χ0v) is 5.97. The fourth-order valence-electron chi connectivity index (χ4n) is 0.571. The molecule has 0 N–H and O–H groups in total. The topological polar surface area (TPSA) is 42.9 Å². The Morgan fingerprint density at radius 3 is 3.00 bits per heavy atom. The van der Waals surface area contributed by atoms with Crippen LogP contribution in [0.5, 0.6) is 0 Å². The number of hydrogen-bond donors (Lipinski definition) is 0. The average molecular weight is 153 g/mol. The van der Waals surface area contributed by atoms with E-state index >= 15 is 0 Å². The highest BCUT2D eigenvalue weighted by atomic mass is 32.1. The van der Waals surface area contributed by atoms with Crippen molar-refractivity contribution in [2.24, 2.45) is 0 Å². The van der Waals surface area contributed by atoms with E-state index in [4.69, 9.17) is 0 Å². The third-order valence-electron chi connectivity index (χ3n) is 0.969. The van der Waals surface area contributed by atoms with E-state index in [0.29, 0.717) is 5.69 Å². The molecule has 4 heteroatoms. The number of carbonyl (C=O) groups excluding carboxylic acids is 1. The molecule has 1 heterocycles. The molecule has 0 aliphatic carbocycles. The molecule has 0 aromatic carbocycles. The molecule has 0 saturated carbocycles. The number of nitrogens with zero attached hydrogens (tertiary/aromatic N) is 2. The molecule has 3 nitrogen and oxygen atoms in total. The van der Waals surface area contributed by atoms with Crippen LogP contribution in [0.25, 0.3) is 0 Å². The Hall–Kier alpha value is -1.03. The van der Waals surface area contributed by atoms with Crippen LogP contribution in [-0.2, 0) is 23.8 Å². The van der Waals surface area contributed by atoms with Crippen molar-refractivity contribution in [1.82, 2.24) is 9.97 Å². The van der Waals surface area contributed by atoms with Crippen LogP contribution in [0.3, 0.4) is 0 Å². The summed E-state index contributed by atoms with van der Waals surface area (Å²) >= 11 is 4.36. The molecule has 1 aromatic rings. The molecule has 0 spiro atoms. The second kappa shape index (κ2) is 3.22. The Kier molecular flexibility index (Phi) is 2.28. The van der Waals surface area contributed by atoms with Gasteiger partial charge in [0.2, 0.25) is 0 Å². The molecule has 0 fully saturated rings. The summed E-state index contributed by atoms with van der Waals surface area (Å²) < 4.78 is 0. The zero-order valence-electron chi connectivity index (χ0n) is 5.15. The molecule has 1 aromatic heterocycles. The fraction of sp³-hybridized carbons (Fsp3) is 0.167. The summed E-state index contributed by atoms with van der Waals surface area (Å²) in [5.74, 6) is 0. The number of carbonyl (C=O) groups is 1. The smallest absolute Gasteiger partial charge is 0.115 e. The monoisotopic (exact) mass is 153 g/mol. The molecule has 0 bridgehead atoms. The van der Waals surface area contributed by atoms with Crippen LogP contribution in [0.4, 0.5) is 0 Å². The highest BCUT2D eigenvalue weighted by Crippen LogP contribution is 1.91. The Morgan fingerprint density at radius 2 is 2.50 bits per heavy atom. The minimum Gasteiger partial charge on any atom is -0.742 e. The van der Waals surface area contributed by atoms with Crippen molar-refractivity contribution in [3.63, 3.8) is 0 Å². The maximum absolute atomic E-state index is 10.4. The van der Waals surface area contributed by atoms with Crippen LogP contribution < -0.4 is 0 Å². The van der Waals surface area contributed by atoms with Gasteiger partial charge in [-0.15, -0.1) is 0 Å². The van der Waals surface area contributed by atoms with Crippen LogP contribution in [0.2, 0.25) is 0 Å². The van der Waals surface area contributed by atoms with Gasteiger partial charge in [0.1, 0.15) is 6.33 Å². The molecule has 0 amide bonds. The molecule has 0 aliphatic rings. The summed E-state index contributed by atoms with van der Waals surface area (Å²) in [6, 6.07) is 1.67. The first kappa shape index (κ1) is 7.08. The van der Waals surface area contributed by atoms with Gasteiger partial charge in [0.25, 0.3) is 0 Å². The van der Waals surface area contributed by atoms with Gasteiger partial charge in [-0.05, 0) is 6.07 Å². The van der Waals surface area contributed by atoms with Crippen molar-refractivity contribution in [3.05, 3.63) is 24.3 Å². The predicted octanol–water partition coefficient (Wildman–Crippen LogP) is 0.0926. The minimum absolute atomic E-state index is 0.220. The highest BCUT2D eigenvalue weighted by molar-refractivity contribution is 7.77. The maximum Gasteiger partial charge on any atom is 0.115 e. The van der Waals surface area contributed by atoms with Crippen LogP contribution in [0, 0.1) is 0 Å². The van der Waals surface area contributed by atoms with E-state index in [2.05, 4.69) is 22.6 Å². The Bertz CT molecular complexity index is 224. The summed E-state index contributed by atoms with van der Waals surface area (Å²) in [5, 5.41) is -0.293. The SMILES string of the molecule is O=C([S-])Cc1ccncn1. The number of hydrogen-bond acceptors (Lipinski definition) is 4. The predicted molar refractivity (Wildman–Crippen MR) is 38.1 cm³/mol. The van der Waals surface area contributed by atoms with Crippen molar-refractivity contribution >= 4 is 17.7 Å². The van der Waals surface area contributed by atoms with E-state index < -0.39 is 0 Å². The summed E-state index contributed by atoms with van der Waals surface area (Å²) in [7, 11) is 0. The zero-order chi connectivity index (χ0) is 7.40. The minimum atomic E-state index is -0.293. The second-order valence-corrected chi connectivity index (χ2v) is 2.20. The average Bonchev–Trinajstić information content (AvgIpc) is 1.88. The number of aromatic nitrogens is 2. The van der Waals surface area contributed by atoms with E-state index in [0.717, 1.165) is 0 Å². The quantitative estimate of drug-likeness (QED) is 0.565. The Morgan fingerprint density at radius 1 is 1.70 bits per heavy atom. The van der Waals surface area contributed by atoms with Crippen LogP contribution >= 0.6 is 0 Å². The second-order valence-electron chi connectivity index (χ2n) is 1.75. The Balaban J connectivity index is 2.67. The maximum atomic E-state index is 10.4. The van der Waals surface area contributed by atoms with Gasteiger partial charge < -0.3 is 17.4 Å². The summed E-state index contributed by atoms with van der Waals surface area (Å²) in [6.07, 6.45) is 3.20. The van der Waals surface area contributed by atoms with E-state index in [1.54, 1.807) is 12.3 Å². The lowest BCUT2D eigenvalue weighted by Crippen LogP contribution is -1.99. The van der Waals surface area contributed by atoms with E-state index in [-0.39, 0.29) is 11.5 Å². The van der Waals surface area contributed by atoms with Gasteiger partial charge in [0, 0.05) is 23.4 Å². The molecule has 0 aliphatic heterocycles. The van der Waals surface area contributed by atoms with Crippen molar-refractivity contribution in [2.75, 3.05) is 0 Å². The summed E-state index contributed by atoms with van der Waals surface area (Å²) in [4.78, 5) is 17.9. The van der Waals surface area contributed by atoms with Gasteiger partial charge >= 0.3 is 0 Å². The molecule has 0 unspecified atom stereocenters. The van der Waals surface area contributed by atoms with E-state index in [1.807, 2.05) is 0 Å². The normalized spacial score (nSPS) is 9.20. The first-order chi connectivity index (χ1) is 4.79. The molecular formula is C6H5N2OS-. The largest absolute Gasteiger partial charge is 0.742 e. The third-order valence-corrected chi connectivity index (χ3v) is 1.11. The number of rotatable bonds is 2. The molecule has 0 radical (unpaired) electrons. The molecular weight excluding hydrogens is 148 g/mol. The standard InChI is InChI=1S/C6H6N2OS/c9-6(10)3-5-1-2-7-4-8-5/h1-2,4H,3H2,(H,9,10)/p-1. The van der Waals surface area contributed by atoms with E-state index in [1.165, 1.54) is 6.33 Å². The van der Waals surface area contributed by atoms with E-state index in [9.17, 15) is 4.79 Å². The van der Waals surface area contributed by atoms with Crippen molar-refractivity contribution in [2.45, 2.75) is 6.42 Å². The molecule has 52 valence electrons. The lowest BCUT2D eigenvalue weighted by molar-refractivity contribution is -0.110. The molecule has 10 heavy (non-hydrogen) atoms. The lowest BCUT2D eigenvalue weighted by Gasteiger charge is -2.00. The third kappa shape index (κ3) is 2.06. The van der Waals surface area contributed by atoms with Crippen LogP contribution in [0.1, 0.15) is 5.69 Å². The lowest BCUT2D eigenvalue weighted by atomic mass is 10.3. The Labute approximate surface area is 63.9 Å². The first-order valence-corrected chi connectivity index (χ1v) is 3.14. The van der Waals surface area contributed by atoms with Gasteiger partial charge in [0.15, 0.2) is 0 Å².